The van der Waals surface area contributed by atoms with E-state index in [4.69, 9.17) is 0 Å². The summed E-state index contributed by atoms with van der Waals surface area (Å²) < 4.78 is 0. The first-order valence-electron chi connectivity index (χ1n) is 6.39. The number of benzene rings is 1. The maximum Gasteiger partial charge on any atom is 0.0800 e. The summed E-state index contributed by atoms with van der Waals surface area (Å²) in [6.45, 7) is 0. The molecule has 1 aromatic carbocycles. The lowest BCUT2D eigenvalue weighted by Gasteiger charge is -2.12. The average Bonchev–Trinajstić information content (AvgIpc) is 2.97. The van der Waals surface area contributed by atoms with Crippen molar-refractivity contribution in [1.29, 1.82) is 0 Å². The van der Waals surface area contributed by atoms with Gasteiger partial charge in [-0.05, 0) is 42.0 Å². The number of aliphatic hydroxyl groups is 1. The highest BCUT2D eigenvalue weighted by atomic mass is 32.1. The minimum Gasteiger partial charge on any atom is -0.388 e. The number of pyridine rings is 1. The van der Waals surface area contributed by atoms with Gasteiger partial charge in [0.1, 0.15) is 0 Å². The van der Waals surface area contributed by atoms with Crippen LogP contribution in [0.4, 0.5) is 0 Å². The molecule has 1 atom stereocenters. The maximum absolute atomic E-state index is 10.4. The van der Waals surface area contributed by atoms with Gasteiger partial charge in [-0.25, -0.2) is 0 Å². The Bertz CT molecular complexity index is 658. The van der Waals surface area contributed by atoms with Gasteiger partial charge in [-0.1, -0.05) is 24.3 Å². The van der Waals surface area contributed by atoms with Gasteiger partial charge in [-0.3, -0.25) is 4.98 Å². The minimum atomic E-state index is -0.435. The molecule has 0 aliphatic heterocycles. The van der Waals surface area contributed by atoms with Gasteiger partial charge in [0.15, 0.2) is 0 Å². The second-order valence-corrected chi connectivity index (χ2v) is 5.58. The largest absolute Gasteiger partial charge is 0.388 e. The lowest BCUT2D eigenvalue weighted by Crippen LogP contribution is -2.00. The summed E-state index contributed by atoms with van der Waals surface area (Å²) >= 11 is 1.74. The number of hydrogen-bond acceptors (Lipinski definition) is 3. The fraction of sp³-hybridized carbons (Fsp3) is 0.188. The van der Waals surface area contributed by atoms with Crippen molar-refractivity contribution in [2.75, 3.05) is 0 Å². The molecule has 2 aromatic heterocycles. The van der Waals surface area contributed by atoms with Crippen LogP contribution in [0, 0.1) is 0 Å². The van der Waals surface area contributed by atoms with Crippen LogP contribution in [0.25, 0.3) is 10.9 Å². The molecule has 0 radical (unpaired) electrons. The predicted octanol–water partition coefficient (Wildman–Crippen LogP) is 3.96. The predicted molar refractivity (Wildman–Crippen MR) is 79.3 cm³/mol. The summed E-state index contributed by atoms with van der Waals surface area (Å²) in [5.74, 6) is 0. The molecule has 0 aliphatic rings. The Morgan fingerprint density at radius 1 is 1.11 bits per heavy atom. The van der Waals surface area contributed by atoms with Crippen LogP contribution < -0.4 is 0 Å². The third-order valence-electron chi connectivity index (χ3n) is 3.28. The highest BCUT2D eigenvalue weighted by molar-refractivity contribution is 7.09. The highest BCUT2D eigenvalue weighted by Crippen LogP contribution is 2.26. The lowest BCUT2D eigenvalue weighted by molar-refractivity contribution is 0.169. The molecule has 3 aromatic rings. The van der Waals surface area contributed by atoms with Crippen molar-refractivity contribution in [1.82, 2.24) is 4.98 Å². The Labute approximate surface area is 116 Å². The molecule has 3 heteroatoms. The van der Waals surface area contributed by atoms with Crippen LogP contribution in [-0.4, -0.2) is 10.1 Å². The van der Waals surface area contributed by atoms with E-state index in [0.717, 1.165) is 29.3 Å². The first kappa shape index (κ1) is 12.3. The molecular formula is C16H15NOS. The van der Waals surface area contributed by atoms with Crippen LogP contribution in [-0.2, 0) is 6.42 Å². The van der Waals surface area contributed by atoms with E-state index in [1.807, 2.05) is 36.4 Å². The second-order valence-electron chi connectivity index (χ2n) is 4.55. The molecule has 0 spiro atoms. The topological polar surface area (TPSA) is 33.1 Å². The van der Waals surface area contributed by atoms with Crippen molar-refractivity contribution in [2.24, 2.45) is 0 Å². The number of aromatic nitrogens is 1. The van der Waals surface area contributed by atoms with E-state index in [-0.39, 0.29) is 0 Å². The molecule has 2 nitrogen and oxygen atoms in total. The number of thiophene rings is 1. The number of aryl methyl sites for hydroxylation is 1. The third-order valence-corrected chi connectivity index (χ3v) is 4.22. The van der Waals surface area contributed by atoms with Gasteiger partial charge in [0, 0.05) is 16.5 Å². The lowest BCUT2D eigenvalue weighted by atomic mass is 10.00. The minimum absolute atomic E-state index is 0.435. The van der Waals surface area contributed by atoms with Gasteiger partial charge in [-0.2, -0.15) is 0 Å². The standard InChI is InChI=1S/C16H15NOS/c18-16(9-8-12-4-3-11-19-12)14-5-1-7-15-13(14)6-2-10-17-15/h1-7,10-11,16,18H,8-9H2. The summed E-state index contributed by atoms with van der Waals surface area (Å²) in [6, 6.07) is 14.0. The van der Waals surface area contributed by atoms with Crippen LogP contribution in [0.3, 0.4) is 0 Å². The number of aliphatic hydroxyl groups excluding tert-OH is 1. The molecule has 0 bridgehead atoms. The Kier molecular flexibility index (Phi) is 3.58. The monoisotopic (exact) mass is 269 g/mol. The molecule has 0 fully saturated rings. The van der Waals surface area contributed by atoms with Gasteiger partial charge in [-0.15, -0.1) is 11.3 Å². The van der Waals surface area contributed by atoms with E-state index in [1.54, 1.807) is 17.5 Å². The summed E-state index contributed by atoms with van der Waals surface area (Å²) in [6.07, 6.45) is 3.00. The normalized spacial score (nSPS) is 12.7. The third kappa shape index (κ3) is 2.67. The van der Waals surface area contributed by atoms with E-state index in [2.05, 4.69) is 16.4 Å². The molecule has 0 aliphatic carbocycles. The van der Waals surface area contributed by atoms with Gasteiger partial charge in [0.25, 0.3) is 0 Å². The molecule has 1 unspecified atom stereocenters. The van der Waals surface area contributed by atoms with Crippen molar-refractivity contribution < 1.29 is 5.11 Å². The average molecular weight is 269 g/mol. The summed E-state index contributed by atoms with van der Waals surface area (Å²) in [4.78, 5) is 5.64. The maximum atomic E-state index is 10.4. The van der Waals surface area contributed by atoms with Crippen molar-refractivity contribution in [2.45, 2.75) is 18.9 Å². The first-order valence-corrected chi connectivity index (χ1v) is 7.26. The van der Waals surface area contributed by atoms with Gasteiger partial charge in [0.2, 0.25) is 0 Å². The number of fused-ring (bicyclic) bond motifs is 1. The Morgan fingerprint density at radius 2 is 2.05 bits per heavy atom. The van der Waals surface area contributed by atoms with Crippen molar-refractivity contribution in [3.63, 3.8) is 0 Å². The fourth-order valence-corrected chi connectivity index (χ4v) is 3.03. The van der Waals surface area contributed by atoms with E-state index in [1.165, 1.54) is 4.88 Å². The van der Waals surface area contributed by atoms with Crippen LogP contribution in [0.15, 0.2) is 54.0 Å². The zero-order valence-corrected chi connectivity index (χ0v) is 11.3. The van der Waals surface area contributed by atoms with Crippen LogP contribution in [0.1, 0.15) is 23.0 Å². The molecule has 0 amide bonds. The summed E-state index contributed by atoms with van der Waals surface area (Å²) in [5.41, 5.74) is 1.91. The fourth-order valence-electron chi connectivity index (χ4n) is 2.31. The molecule has 3 rings (SSSR count). The number of nitrogens with zero attached hydrogens (tertiary/aromatic N) is 1. The first-order chi connectivity index (χ1) is 9.34. The van der Waals surface area contributed by atoms with Crippen molar-refractivity contribution >= 4 is 22.2 Å². The quantitative estimate of drug-likeness (QED) is 0.777. The van der Waals surface area contributed by atoms with E-state index < -0.39 is 6.10 Å². The Morgan fingerprint density at radius 3 is 2.89 bits per heavy atom. The molecule has 1 N–H and O–H groups in total. The van der Waals surface area contributed by atoms with E-state index >= 15 is 0 Å². The molecule has 0 saturated carbocycles. The Balaban J connectivity index is 1.83. The van der Waals surface area contributed by atoms with Crippen LogP contribution in [0.5, 0.6) is 0 Å². The van der Waals surface area contributed by atoms with Gasteiger partial charge in [0.05, 0.1) is 11.6 Å². The van der Waals surface area contributed by atoms with Crippen LogP contribution >= 0.6 is 11.3 Å². The van der Waals surface area contributed by atoms with E-state index in [9.17, 15) is 5.11 Å². The number of hydrogen-bond donors (Lipinski definition) is 1. The van der Waals surface area contributed by atoms with Gasteiger partial charge < -0.3 is 5.11 Å². The van der Waals surface area contributed by atoms with E-state index in [0.29, 0.717) is 0 Å². The molecule has 0 saturated heterocycles. The molecule has 2 heterocycles. The molecular weight excluding hydrogens is 254 g/mol. The summed E-state index contributed by atoms with van der Waals surface area (Å²) in [5, 5.41) is 13.5. The summed E-state index contributed by atoms with van der Waals surface area (Å²) in [7, 11) is 0. The smallest absolute Gasteiger partial charge is 0.0800 e. The van der Waals surface area contributed by atoms with Crippen molar-refractivity contribution in [3.8, 4) is 0 Å². The number of rotatable bonds is 4. The van der Waals surface area contributed by atoms with Crippen LogP contribution in [0.2, 0.25) is 0 Å². The highest BCUT2D eigenvalue weighted by Gasteiger charge is 2.11. The molecule has 96 valence electrons. The van der Waals surface area contributed by atoms with Gasteiger partial charge >= 0.3 is 0 Å². The Hall–Kier alpha value is -1.71. The SMILES string of the molecule is OC(CCc1cccs1)c1cccc2ncccc12. The van der Waals surface area contributed by atoms with Crippen molar-refractivity contribution in [3.05, 3.63) is 64.5 Å². The molecule has 19 heavy (non-hydrogen) atoms. The second kappa shape index (κ2) is 5.51. The zero-order valence-electron chi connectivity index (χ0n) is 10.5. The zero-order chi connectivity index (χ0) is 13.1.